The van der Waals surface area contributed by atoms with E-state index in [1.807, 2.05) is 18.2 Å². The molecule has 1 aromatic rings. The molecule has 0 aliphatic carbocycles. The Bertz CT molecular complexity index is 413. The summed E-state index contributed by atoms with van der Waals surface area (Å²) in [7, 11) is 0. The lowest BCUT2D eigenvalue weighted by Crippen LogP contribution is -2.22. The van der Waals surface area contributed by atoms with Crippen molar-refractivity contribution in [2.24, 2.45) is 10.7 Å². The molecule has 3 heteroatoms. The van der Waals surface area contributed by atoms with Crippen molar-refractivity contribution >= 4 is 11.6 Å². The molecular formula is C12H15N3. The fourth-order valence-electron chi connectivity index (χ4n) is 1.14. The first-order valence-electron chi connectivity index (χ1n) is 4.71. The molecule has 0 heterocycles. The van der Waals surface area contributed by atoms with Crippen LogP contribution in [0.2, 0.25) is 0 Å². The predicted molar refractivity (Wildman–Crippen MR) is 64.9 cm³/mol. The quantitative estimate of drug-likeness (QED) is 0.434. The third-order valence-electron chi connectivity index (χ3n) is 2.12. The largest absolute Gasteiger partial charge is 0.370 e. The maximum Gasteiger partial charge on any atom is 0.194 e. The van der Waals surface area contributed by atoms with E-state index < -0.39 is 0 Å². The summed E-state index contributed by atoms with van der Waals surface area (Å²) in [6.07, 6.45) is 5.07. The van der Waals surface area contributed by atoms with Crippen LogP contribution in [0.15, 0.2) is 23.2 Å². The normalized spacial score (nSPS) is 10.9. The Labute approximate surface area is 90.4 Å². The molecule has 0 fully saturated rings. The average Bonchev–Trinajstić information content (AvgIpc) is 2.20. The van der Waals surface area contributed by atoms with Gasteiger partial charge in [-0.15, -0.1) is 6.42 Å². The van der Waals surface area contributed by atoms with Crippen LogP contribution in [0.4, 0.5) is 5.69 Å². The number of rotatable bonds is 2. The van der Waals surface area contributed by atoms with E-state index in [-0.39, 0.29) is 0 Å². The van der Waals surface area contributed by atoms with E-state index in [0.29, 0.717) is 12.5 Å². The number of guanidine groups is 1. The predicted octanol–water partition coefficient (Wildman–Crippen LogP) is 1.66. The Hall–Kier alpha value is -1.95. The zero-order chi connectivity index (χ0) is 11.3. The van der Waals surface area contributed by atoms with Crippen LogP contribution in [-0.4, -0.2) is 12.5 Å². The van der Waals surface area contributed by atoms with Gasteiger partial charge in [0.25, 0.3) is 0 Å². The number of anilines is 1. The number of terminal acetylenes is 1. The number of hydrogen-bond donors (Lipinski definition) is 2. The highest BCUT2D eigenvalue weighted by atomic mass is 15.1. The number of hydrogen-bond acceptors (Lipinski definition) is 1. The summed E-state index contributed by atoms with van der Waals surface area (Å²) in [4.78, 5) is 3.94. The van der Waals surface area contributed by atoms with E-state index in [4.69, 9.17) is 12.2 Å². The molecule has 0 aliphatic rings. The maximum atomic E-state index is 5.62. The van der Waals surface area contributed by atoms with E-state index in [0.717, 1.165) is 5.69 Å². The van der Waals surface area contributed by atoms with Gasteiger partial charge in [-0.1, -0.05) is 12.0 Å². The van der Waals surface area contributed by atoms with Crippen LogP contribution in [0.3, 0.4) is 0 Å². The van der Waals surface area contributed by atoms with Crippen LogP contribution >= 0.6 is 0 Å². The molecule has 3 nitrogen and oxygen atoms in total. The van der Waals surface area contributed by atoms with Gasteiger partial charge in [0.15, 0.2) is 5.96 Å². The molecule has 1 rings (SSSR count). The minimum Gasteiger partial charge on any atom is -0.370 e. The minimum atomic E-state index is 0.295. The highest BCUT2D eigenvalue weighted by Gasteiger charge is 1.97. The van der Waals surface area contributed by atoms with Crippen molar-refractivity contribution in [2.45, 2.75) is 13.8 Å². The number of benzene rings is 1. The molecule has 15 heavy (non-hydrogen) atoms. The van der Waals surface area contributed by atoms with Gasteiger partial charge in [-0.2, -0.15) is 0 Å². The average molecular weight is 201 g/mol. The first kappa shape index (κ1) is 11.1. The van der Waals surface area contributed by atoms with E-state index >= 15 is 0 Å². The first-order valence-corrected chi connectivity index (χ1v) is 4.71. The molecule has 0 unspecified atom stereocenters. The summed E-state index contributed by atoms with van der Waals surface area (Å²) >= 11 is 0. The van der Waals surface area contributed by atoms with Crippen LogP contribution in [0.1, 0.15) is 11.1 Å². The van der Waals surface area contributed by atoms with Gasteiger partial charge >= 0.3 is 0 Å². The molecule has 0 aliphatic heterocycles. The fraction of sp³-hybridized carbons (Fsp3) is 0.250. The molecule has 0 spiro atoms. The van der Waals surface area contributed by atoms with Crippen LogP contribution in [0, 0.1) is 26.2 Å². The molecule has 0 radical (unpaired) electrons. The lowest BCUT2D eigenvalue weighted by Gasteiger charge is -2.07. The van der Waals surface area contributed by atoms with E-state index in [1.54, 1.807) is 0 Å². The molecule has 3 N–H and O–H groups in total. The monoisotopic (exact) mass is 201 g/mol. The lowest BCUT2D eigenvalue weighted by atomic mass is 10.1. The van der Waals surface area contributed by atoms with Gasteiger partial charge in [0.2, 0.25) is 0 Å². The van der Waals surface area contributed by atoms with Crippen molar-refractivity contribution in [3.05, 3.63) is 29.3 Å². The Morgan fingerprint density at radius 2 is 2.20 bits per heavy atom. The van der Waals surface area contributed by atoms with Gasteiger partial charge in [0, 0.05) is 5.69 Å². The molecule has 0 atom stereocenters. The standard InChI is InChI=1S/C12H15N3/c1-4-7-14-12(13)15-11-6-5-9(2)10(3)8-11/h1,5-6,8H,7H2,2-3H3,(H3,13,14,15). The number of nitrogens with two attached hydrogens (primary N) is 1. The third kappa shape index (κ3) is 3.35. The number of aryl methyl sites for hydroxylation is 2. The lowest BCUT2D eigenvalue weighted by molar-refractivity contribution is 1.26. The highest BCUT2D eigenvalue weighted by Crippen LogP contribution is 2.13. The zero-order valence-corrected chi connectivity index (χ0v) is 9.04. The van der Waals surface area contributed by atoms with Crippen molar-refractivity contribution in [1.29, 1.82) is 0 Å². The van der Waals surface area contributed by atoms with Crippen molar-refractivity contribution in [1.82, 2.24) is 0 Å². The van der Waals surface area contributed by atoms with E-state index in [1.165, 1.54) is 11.1 Å². The van der Waals surface area contributed by atoms with Crippen LogP contribution < -0.4 is 11.1 Å². The second-order valence-corrected chi connectivity index (χ2v) is 3.33. The molecule has 0 bridgehead atoms. The Balaban J connectivity index is 2.74. The summed E-state index contributed by atoms with van der Waals surface area (Å²) in [5, 5.41) is 2.98. The second-order valence-electron chi connectivity index (χ2n) is 3.33. The van der Waals surface area contributed by atoms with Gasteiger partial charge in [0.05, 0.1) is 0 Å². The van der Waals surface area contributed by atoms with Gasteiger partial charge in [-0.3, -0.25) is 0 Å². The SMILES string of the molecule is C#CCN=C(N)Nc1ccc(C)c(C)c1. The molecule has 0 saturated carbocycles. The fourth-order valence-corrected chi connectivity index (χ4v) is 1.14. The van der Waals surface area contributed by atoms with Crippen molar-refractivity contribution in [3.63, 3.8) is 0 Å². The minimum absolute atomic E-state index is 0.295. The highest BCUT2D eigenvalue weighted by molar-refractivity contribution is 5.92. The van der Waals surface area contributed by atoms with E-state index in [9.17, 15) is 0 Å². The zero-order valence-electron chi connectivity index (χ0n) is 9.04. The number of aliphatic imine (C=N–C) groups is 1. The Kier molecular flexibility index (Phi) is 3.75. The van der Waals surface area contributed by atoms with Gasteiger partial charge < -0.3 is 11.1 Å². The van der Waals surface area contributed by atoms with Crippen molar-refractivity contribution < 1.29 is 0 Å². The van der Waals surface area contributed by atoms with Crippen molar-refractivity contribution in [3.8, 4) is 12.3 Å². The van der Waals surface area contributed by atoms with Gasteiger partial charge in [-0.25, -0.2) is 4.99 Å². The summed E-state index contributed by atoms with van der Waals surface area (Å²) < 4.78 is 0. The molecule has 0 amide bonds. The maximum absolute atomic E-state index is 5.62. The first-order chi connectivity index (χ1) is 7.13. The molecule has 0 saturated heterocycles. The van der Waals surface area contributed by atoms with Gasteiger partial charge in [0.1, 0.15) is 6.54 Å². The molecule has 78 valence electrons. The van der Waals surface area contributed by atoms with Crippen LogP contribution in [0.25, 0.3) is 0 Å². The summed E-state index contributed by atoms with van der Waals surface area (Å²) in [6, 6.07) is 6.01. The Morgan fingerprint density at radius 3 is 2.80 bits per heavy atom. The Morgan fingerprint density at radius 1 is 1.47 bits per heavy atom. The summed E-state index contributed by atoms with van der Waals surface area (Å²) in [6.45, 7) is 4.41. The number of nitrogens with one attached hydrogen (secondary N) is 1. The second kappa shape index (κ2) is 5.06. The molecule has 1 aromatic carbocycles. The molecular weight excluding hydrogens is 186 g/mol. The summed E-state index contributed by atoms with van der Waals surface area (Å²) in [5.74, 6) is 2.74. The van der Waals surface area contributed by atoms with Crippen LogP contribution in [-0.2, 0) is 0 Å². The van der Waals surface area contributed by atoms with E-state index in [2.05, 4.69) is 30.1 Å². The summed E-state index contributed by atoms with van der Waals surface area (Å²) in [5.41, 5.74) is 9.01. The van der Waals surface area contributed by atoms with Crippen LogP contribution in [0.5, 0.6) is 0 Å². The van der Waals surface area contributed by atoms with Gasteiger partial charge in [-0.05, 0) is 37.1 Å². The van der Waals surface area contributed by atoms with Crippen molar-refractivity contribution in [2.75, 3.05) is 11.9 Å². The number of nitrogens with zero attached hydrogens (tertiary/aromatic N) is 1. The third-order valence-corrected chi connectivity index (χ3v) is 2.12. The topological polar surface area (TPSA) is 50.4 Å². The molecule has 0 aromatic heterocycles. The smallest absolute Gasteiger partial charge is 0.194 e.